The van der Waals surface area contributed by atoms with Gasteiger partial charge in [-0.05, 0) is 24.3 Å². The number of aromatic nitrogens is 1. The van der Waals surface area contributed by atoms with E-state index in [4.69, 9.17) is 5.26 Å². The summed E-state index contributed by atoms with van der Waals surface area (Å²) in [6.07, 6.45) is 1.62. The molecule has 0 N–H and O–H groups in total. The molecule has 1 aromatic carbocycles. The lowest BCUT2D eigenvalue weighted by Gasteiger charge is -2.18. The minimum Gasteiger partial charge on any atom is -0.256 e. The number of fused-ring (bicyclic) bond motifs is 1. The second-order valence-corrected chi connectivity index (χ2v) is 5.82. The number of nitrogens with zero attached hydrogens (tertiary/aromatic N) is 3. The van der Waals surface area contributed by atoms with Crippen LogP contribution in [0.4, 0.5) is 0 Å². The van der Waals surface area contributed by atoms with Gasteiger partial charge in [-0.2, -0.15) is 9.57 Å². The molecule has 0 aliphatic heterocycles. The molecular weight excluding hydrogens is 262 g/mol. The van der Waals surface area contributed by atoms with Crippen molar-refractivity contribution in [3.8, 4) is 6.07 Å². The van der Waals surface area contributed by atoms with E-state index < -0.39 is 10.0 Å². The van der Waals surface area contributed by atoms with Crippen LogP contribution >= 0.6 is 0 Å². The van der Waals surface area contributed by atoms with E-state index in [2.05, 4.69) is 4.98 Å². The zero-order chi connectivity index (χ0) is 13.9. The lowest BCUT2D eigenvalue weighted by Crippen LogP contribution is -2.31. The first-order chi connectivity index (χ1) is 9.11. The molecule has 1 heterocycles. The van der Waals surface area contributed by atoms with Crippen molar-refractivity contribution >= 4 is 20.9 Å². The third-order valence-corrected chi connectivity index (χ3v) is 4.80. The Labute approximate surface area is 112 Å². The molecular formula is C13H13N3O2S. The van der Waals surface area contributed by atoms with Gasteiger partial charge in [0.25, 0.3) is 0 Å². The van der Waals surface area contributed by atoms with E-state index in [1.165, 1.54) is 0 Å². The molecule has 6 heteroatoms. The van der Waals surface area contributed by atoms with E-state index in [1.807, 2.05) is 6.07 Å². The number of hydrogen-bond donors (Lipinski definition) is 0. The molecule has 0 unspecified atom stereocenters. The van der Waals surface area contributed by atoms with Crippen molar-refractivity contribution in [3.05, 3.63) is 36.5 Å². The third-order valence-electron chi connectivity index (χ3n) is 2.82. The van der Waals surface area contributed by atoms with Gasteiger partial charge >= 0.3 is 0 Å². The van der Waals surface area contributed by atoms with E-state index in [9.17, 15) is 8.42 Å². The maximum absolute atomic E-state index is 12.5. The lowest BCUT2D eigenvalue weighted by molar-refractivity contribution is 0.463. The molecule has 0 aliphatic carbocycles. The van der Waals surface area contributed by atoms with Crippen molar-refractivity contribution in [3.63, 3.8) is 0 Å². The van der Waals surface area contributed by atoms with Gasteiger partial charge in [0.15, 0.2) is 0 Å². The molecule has 2 aromatic rings. The fourth-order valence-corrected chi connectivity index (χ4v) is 3.43. The summed E-state index contributed by atoms with van der Waals surface area (Å²) >= 11 is 0. The normalized spacial score (nSPS) is 11.6. The van der Waals surface area contributed by atoms with Gasteiger partial charge in [-0.1, -0.05) is 13.0 Å². The number of rotatable bonds is 4. The van der Waals surface area contributed by atoms with Gasteiger partial charge in [0.2, 0.25) is 10.0 Å². The topological polar surface area (TPSA) is 74.1 Å². The molecule has 0 atom stereocenters. The fourth-order valence-electron chi connectivity index (χ4n) is 1.88. The summed E-state index contributed by atoms with van der Waals surface area (Å²) in [6.45, 7) is 1.81. The monoisotopic (exact) mass is 275 g/mol. The van der Waals surface area contributed by atoms with Gasteiger partial charge in [-0.15, -0.1) is 0 Å². The maximum atomic E-state index is 12.5. The number of benzene rings is 1. The first-order valence-electron chi connectivity index (χ1n) is 5.82. The summed E-state index contributed by atoms with van der Waals surface area (Å²) in [5.74, 6) is 0. The van der Waals surface area contributed by atoms with Gasteiger partial charge in [0.1, 0.15) is 6.54 Å². The number of hydrogen-bond acceptors (Lipinski definition) is 4. The molecule has 2 rings (SSSR count). The molecule has 5 nitrogen and oxygen atoms in total. The summed E-state index contributed by atoms with van der Waals surface area (Å²) in [5.41, 5.74) is 0.622. The smallest absolute Gasteiger partial charge is 0.244 e. The Bertz CT molecular complexity index is 730. The summed E-state index contributed by atoms with van der Waals surface area (Å²) in [7, 11) is -3.67. The van der Waals surface area contributed by atoms with Crippen LogP contribution in [0.25, 0.3) is 10.9 Å². The molecule has 0 amide bonds. The molecule has 0 saturated carbocycles. The highest BCUT2D eigenvalue weighted by atomic mass is 32.2. The Morgan fingerprint density at radius 3 is 2.79 bits per heavy atom. The average Bonchev–Trinajstić information content (AvgIpc) is 2.43. The molecule has 98 valence electrons. The lowest BCUT2D eigenvalue weighted by atomic mass is 10.2. The standard InChI is InChI=1S/C13H13N3O2S/c1-2-16(10-8-14)19(17,18)13-7-3-6-12-11(13)5-4-9-15-12/h3-7,9H,2,10H2,1H3. The van der Waals surface area contributed by atoms with Crippen molar-refractivity contribution in [2.75, 3.05) is 13.1 Å². The zero-order valence-corrected chi connectivity index (χ0v) is 11.3. The van der Waals surface area contributed by atoms with E-state index in [0.717, 1.165) is 4.31 Å². The molecule has 1 aromatic heterocycles. The van der Waals surface area contributed by atoms with E-state index >= 15 is 0 Å². The third kappa shape index (κ3) is 2.43. The van der Waals surface area contributed by atoms with Crippen LogP contribution in [-0.2, 0) is 10.0 Å². The van der Waals surface area contributed by atoms with Crippen molar-refractivity contribution in [1.82, 2.24) is 9.29 Å². The Kier molecular flexibility index (Phi) is 3.79. The van der Waals surface area contributed by atoms with Crippen LogP contribution in [0.2, 0.25) is 0 Å². The van der Waals surface area contributed by atoms with Crippen LogP contribution in [0.3, 0.4) is 0 Å². The summed E-state index contributed by atoms with van der Waals surface area (Å²) in [5, 5.41) is 9.29. The van der Waals surface area contributed by atoms with Crippen molar-refractivity contribution in [2.45, 2.75) is 11.8 Å². The highest BCUT2D eigenvalue weighted by molar-refractivity contribution is 7.89. The minimum atomic E-state index is -3.67. The van der Waals surface area contributed by atoms with Crippen LogP contribution in [0.15, 0.2) is 41.4 Å². The highest BCUT2D eigenvalue weighted by Crippen LogP contribution is 2.24. The molecule has 0 radical (unpaired) electrons. The SMILES string of the molecule is CCN(CC#N)S(=O)(=O)c1cccc2ncccc12. The van der Waals surface area contributed by atoms with Crippen molar-refractivity contribution < 1.29 is 8.42 Å². The first-order valence-corrected chi connectivity index (χ1v) is 7.26. The zero-order valence-electron chi connectivity index (χ0n) is 10.4. The van der Waals surface area contributed by atoms with Gasteiger partial charge in [-0.25, -0.2) is 8.42 Å². The predicted molar refractivity (Wildman–Crippen MR) is 71.8 cm³/mol. The van der Waals surface area contributed by atoms with Crippen LogP contribution in [0, 0.1) is 11.3 Å². The second kappa shape index (κ2) is 5.34. The van der Waals surface area contributed by atoms with Crippen LogP contribution < -0.4 is 0 Å². The number of sulfonamides is 1. The average molecular weight is 275 g/mol. The molecule has 0 bridgehead atoms. The fraction of sp³-hybridized carbons (Fsp3) is 0.231. The van der Waals surface area contributed by atoms with E-state index in [1.54, 1.807) is 43.5 Å². The quantitative estimate of drug-likeness (QED) is 0.797. The Balaban J connectivity index is 2.64. The Morgan fingerprint density at radius 2 is 2.11 bits per heavy atom. The Morgan fingerprint density at radius 1 is 1.32 bits per heavy atom. The predicted octanol–water partition coefficient (Wildman–Crippen LogP) is 1.77. The number of pyridine rings is 1. The van der Waals surface area contributed by atoms with Crippen LogP contribution in [0.5, 0.6) is 0 Å². The van der Waals surface area contributed by atoms with Crippen molar-refractivity contribution in [1.29, 1.82) is 5.26 Å². The second-order valence-electron chi connectivity index (χ2n) is 3.92. The summed E-state index contributed by atoms with van der Waals surface area (Å²) in [4.78, 5) is 4.33. The molecule has 0 spiro atoms. The molecule has 0 aliphatic rings. The van der Waals surface area contributed by atoms with E-state index in [-0.39, 0.29) is 18.0 Å². The highest BCUT2D eigenvalue weighted by Gasteiger charge is 2.24. The Hall–Kier alpha value is -1.97. The summed E-state index contributed by atoms with van der Waals surface area (Å²) in [6, 6.07) is 10.2. The van der Waals surface area contributed by atoms with Crippen LogP contribution in [0.1, 0.15) is 6.92 Å². The molecule has 0 saturated heterocycles. The summed E-state index contributed by atoms with van der Waals surface area (Å²) < 4.78 is 26.2. The largest absolute Gasteiger partial charge is 0.256 e. The van der Waals surface area contributed by atoms with Crippen LogP contribution in [-0.4, -0.2) is 30.8 Å². The maximum Gasteiger partial charge on any atom is 0.244 e. The molecule has 0 fully saturated rings. The van der Waals surface area contributed by atoms with Gasteiger partial charge in [0.05, 0.1) is 16.5 Å². The van der Waals surface area contributed by atoms with Crippen molar-refractivity contribution in [2.24, 2.45) is 0 Å². The van der Waals surface area contributed by atoms with Gasteiger partial charge in [0, 0.05) is 18.1 Å². The minimum absolute atomic E-state index is 0.157. The first kappa shape index (κ1) is 13.5. The van der Waals surface area contributed by atoms with Gasteiger partial charge in [-0.3, -0.25) is 4.98 Å². The molecule has 19 heavy (non-hydrogen) atoms. The number of nitriles is 1. The van der Waals surface area contributed by atoms with E-state index in [0.29, 0.717) is 10.9 Å². The van der Waals surface area contributed by atoms with Gasteiger partial charge < -0.3 is 0 Å².